The second-order valence-electron chi connectivity index (χ2n) is 17.0. The third-order valence-corrected chi connectivity index (χ3v) is 12.1. The minimum atomic E-state index is -5.15. The van der Waals surface area contributed by atoms with E-state index < -0.39 is 75.7 Å². The maximum Gasteiger partial charge on any atom is 0.472 e. The Labute approximate surface area is 394 Å². The van der Waals surface area contributed by atoms with Crippen molar-refractivity contribution in [2.45, 2.75) is 210 Å². The van der Waals surface area contributed by atoms with Crippen molar-refractivity contribution < 1.29 is 67.8 Å². The molecule has 0 aromatic heterocycles. The fourth-order valence-electron chi connectivity index (χ4n) is 7.09. The highest BCUT2D eigenvalue weighted by molar-refractivity contribution is 7.47. The van der Waals surface area contributed by atoms with E-state index >= 15 is 0 Å². The van der Waals surface area contributed by atoms with Crippen molar-refractivity contribution in [1.82, 2.24) is 0 Å². The molecular weight excluding hydrogens is 868 g/mol. The summed E-state index contributed by atoms with van der Waals surface area (Å²) < 4.78 is 39.2. The minimum absolute atomic E-state index is 0.0379. The smallest absolute Gasteiger partial charge is 0.462 e. The van der Waals surface area contributed by atoms with Crippen LogP contribution in [0.3, 0.4) is 0 Å². The summed E-state index contributed by atoms with van der Waals surface area (Å²) in [6.45, 7) is 3.08. The Morgan fingerprint density at radius 3 is 1.58 bits per heavy atom. The number of ether oxygens (including phenoxy) is 3. The summed E-state index contributed by atoms with van der Waals surface area (Å²) in [4.78, 5) is 35.8. The average molecular weight is 951 g/mol. The molecule has 0 radical (unpaired) electrons. The van der Waals surface area contributed by atoms with Crippen LogP contribution in [0.25, 0.3) is 0 Å². The van der Waals surface area contributed by atoms with Gasteiger partial charge in [0, 0.05) is 12.8 Å². The lowest BCUT2D eigenvalue weighted by Gasteiger charge is -2.41. The molecule has 1 saturated heterocycles. The van der Waals surface area contributed by atoms with Crippen molar-refractivity contribution >= 4 is 19.8 Å². The first-order chi connectivity index (χ1) is 31.9. The summed E-state index contributed by atoms with van der Waals surface area (Å²) >= 11 is 0. The predicted molar refractivity (Wildman–Crippen MR) is 257 cm³/mol. The molecule has 0 spiro atoms. The monoisotopic (exact) mass is 951 g/mol. The van der Waals surface area contributed by atoms with E-state index in [1.165, 1.54) is 19.3 Å². The number of carbonyl (C=O) groups excluding carboxylic acids is 2. The molecule has 5 unspecified atom stereocenters. The average Bonchev–Trinajstić information content (AvgIpc) is 4.06. The third kappa shape index (κ3) is 28.3. The second kappa shape index (κ2) is 37.0. The van der Waals surface area contributed by atoms with Crippen LogP contribution in [-0.4, -0.2) is 111 Å². The Balaban J connectivity index is 1.72. The summed E-state index contributed by atoms with van der Waals surface area (Å²) in [5.74, 6) is -1.22. The van der Waals surface area contributed by atoms with Gasteiger partial charge in [0.15, 0.2) is 6.10 Å². The van der Waals surface area contributed by atoms with Crippen LogP contribution in [0.5, 0.6) is 0 Å². The molecule has 376 valence electrons. The highest BCUT2D eigenvalue weighted by Crippen LogP contribution is 2.47. The molecule has 0 bridgehead atoms. The summed E-state index contributed by atoms with van der Waals surface area (Å²) in [7, 11) is -5.15. The number of allylic oxidation sites excluding steroid dienone is 12. The van der Waals surface area contributed by atoms with Crippen molar-refractivity contribution in [2.24, 2.45) is 0 Å². The fourth-order valence-corrected chi connectivity index (χ4v) is 8.06. The molecule has 0 aromatic rings. The highest BCUT2D eigenvalue weighted by atomic mass is 31.2. The van der Waals surface area contributed by atoms with E-state index in [1.807, 2.05) is 18.2 Å². The summed E-state index contributed by atoms with van der Waals surface area (Å²) in [6.07, 6.45) is 36.8. The molecule has 2 rings (SSSR count). The second-order valence-corrected chi connectivity index (χ2v) is 18.4. The zero-order chi connectivity index (χ0) is 48.3. The van der Waals surface area contributed by atoms with E-state index in [0.29, 0.717) is 31.5 Å². The van der Waals surface area contributed by atoms with Crippen LogP contribution in [0.2, 0.25) is 0 Å². The molecular formula is C51H83O14P. The number of unbranched alkanes of at least 4 members (excludes halogenated alkanes) is 10. The van der Waals surface area contributed by atoms with Gasteiger partial charge in [-0.05, 0) is 83.5 Å². The van der Waals surface area contributed by atoms with Crippen LogP contribution >= 0.6 is 7.82 Å². The lowest BCUT2D eigenvalue weighted by Crippen LogP contribution is -2.64. The number of hydrogen-bond donors (Lipinski definition) is 6. The molecule has 1 heterocycles. The van der Waals surface area contributed by atoms with Gasteiger partial charge in [-0.1, -0.05) is 144 Å². The van der Waals surface area contributed by atoms with E-state index in [9.17, 15) is 44.6 Å². The minimum Gasteiger partial charge on any atom is -0.462 e. The number of hydrogen-bond acceptors (Lipinski definition) is 13. The van der Waals surface area contributed by atoms with Crippen LogP contribution in [-0.2, 0) is 37.4 Å². The van der Waals surface area contributed by atoms with E-state index in [-0.39, 0.29) is 12.8 Å². The van der Waals surface area contributed by atoms with Crippen LogP contribution < -0.4 is 0 Å². The number of carbonyl (C=O) groups is 2. The van der Waals surface area contributed by atoms with E-state index in [1.54, 1.807) is 0 Å². The number of phosphoric ester groups is 1. The predicted octanol–water partition coefficient (Wildman–Crippen LogP) is 9.04. The molecule has 10 atom stereocenters. The van der Waals surface area contributed by atoms with Gasteiger partial charge in [0.2, 0.25) is 0 Å². The van der Waals surface area contributed by atoms with Gasteiger partial charge in [-0.3, -0.25) is 18.6 Å². The molecule has 1 aliphatic heterocycles. The van der Waals surface area contributed by atoms with Gasteiger partial charge in [0.25, 0.3) is 0 Å². The number of phosphoric acid groups is 1. The molecule has 2 aliphatic rings. The maximum atomic E-state index is 12.8. The normalized spacial score (nSPS) is 25.1. The molecule has 0 aromatic carbocycles. The Hall–Kier alpha value is -3.01. The largest absolute Gasteiger partial charge is 0.472 e. The number of aliphatic hydroxyl groups excluding tert-OH is 5. The lowest BCUT2D eigenvalue weighted by molar-refractivity contribution is -0.220. The molecule has 66 heavy (non-hydrogen) atoms. The van der Waals surface area contributed by atoms with Gasteiger partial charge in [-0.25, -0.2) is 4.57 Å². The van der Waals surface area contributed by atoms with Crippen LogP contribution in [0.15, 0.2) is 85.1 Å². The molecule has 0 amide bonds. The fraction of sp³-hybridized carbons (Fsp3) is 0.686. The van der Waals surface area contributed by atoms with Gasteiger partial charge >= 0.3 is 19.8 Å². The summed E-state index contributed by atoms with van der Waals surface area (Å²) in [6, 6.07) is 0. The van der Waals surface area contributed by atoms with Crippen molar-refractivity contribution in [3.05, 3.63) is 85.1 Å². The zero-order valence-corrected chi connectivity index (χ0v) is 40.5. The molecule has 2 fully saturated rings. The van der Waals surface area contributed by atoms with Crippen molar-refractivity contribution in [2.75, 3.05) is 13.2 Å². The van der Waals surface area contributed by atoms with E-state index in [2.05, 4.69) is 80.7 Å². The van der Waals surface area contributed by atoms with E-state index in [0.717, 1.165) is 89.9 Å². The third-order valence-electron chi connectivity index (χ3n) is 11.1. The van der Waals surface area contributed by atoms with Crippen LogP contribution in [0.4, 0.5) is 0 Å². The maximum absolute atomic E-state index is 12.8. The Bertz CT molecular complexity index is 1540. The zero-order valence-electron chi connectivity index (χ0n) is 39.6. The van der Waals surface area contributed by atoms with Gasteiger partial charge in [0.05, 0.1) is 18.8 Å². The number of aliphatic hydroxyl groups is 5. The molecule has 1 saturated carbocycles. The quantitative estimate of drug-likeness (QED) is 0.0112. The number of rotatable bonds is 38. The lowest BCUT2D eigenvalue weighted by atomic mass is 9.85. The molecule has 6 N–H and O–H groups in total. The first-order valence-electron chi connectivity index (χ1n) is 24.5. The number of esters is 2. The SMILES string of the molecule is CC/C=C\CC1OC1C/C=C\C/C=C\C/C=C\C/C=C\CCC(=O)O[C@H](COC(=O)CCCCCCCCC/C=C\C/C=C\CCCCC)COP(=O)(O)OC1[C@H](O)[C@H](O)C(O)[C@H](O)[C@H]1O. The van der Waals surface area contributed by atoms with Gasteiger partial charge in [-0.15, -0.1) is 0 Å². The van der Waals surface area contributed by atoms with Crippen molar-refractivity contribution in [1.29, 1.82) is 0 Å². The van der Waals surface area contributed by atoms with Crippen LogP contribution in [0.1, 0.15) is 155 Å². The first kappa shape index (κ1) is 59.1. The first-order valence-corrected chi connectivity index (χ1v) is 26.0. The summed E-state index contributed by atoms with van der Waals surface area (Å²) in [5.41, 5.74) is 0. The van der Waals surface area contributed by atoms with E-state index in [4.69, 9.17) is 23.3 Å². The van der Waals surface area contributed by atoms with Crippen molar-refractivity contribution in [3.8, 4) is 0 Å². The number of epoxide rings is 1. The Morgan fingerprint density at radius 1 is 0.545 bits per heavy atom. The standard InChI is InChI=1S/C51H83O14P/c1-3-5-7-8-9-10-11-12-13-14-15-16-20-23-26-29-33-37-44(52)61-39-41(40-62-66(59,60)65-51-49(57)47(55)46(54)48(56)50(51)58)63-45(53)38-34-30-27-24-21-18-17-19-22-25-28-32-36-43-42(64-43)35-31-6-4-2/h6,9-10,12-13,18-19,21-22,27-28,30-32,41-43,46-51,54-58H,3-5,7-8,11,14-17,20,23-26,29,33-40H2,1-2H3,(H,59,60)/b10-9-,13-12-,21-18-,22-19-,30-27-,31-6-,32-28-/t41-,42?,43?,46?,47-,48+,49-,50-,51?/m1/s1. The summed E-state index contributed by atoms with van der Waals surface area (Å²) in [5, 5.41) is 50.2. The highest BCUT2D eigenvalue weighted by Gasteiger charge is 2.51. The molecule has 1 aliphatic carbocycles. The molecule has 15 heteroatoms. The van der Waals surface area contributed by atoms with Crippen LogP contribution in [0, 0.1) is 0 Å². The topological polar surface area (TPSA) is 222 Å². The van der Waals surface area contributed by atoms with Gasteiger partial charge in [0.1, 0.15) is 43.2 Å². The van der Waals surface area contributed by atoms with Gasteiger partial charge in [-0.2, -0.15) is 0 Å². The Morgan fingerprint density at radius 2 is 1.02 bits per heavy atom. The van der Waals surface area contributed by atoms with Crippen molar-refractivity contribution in [3.63, 3.8) is 0 Å². The molecule has 14 nitrogen and oxygen atoms in total. The van der Waals surface area contributed by atoms with Gasteiger partial charge < -0.3 is 44.6 Å². The Kier molecular flexibility index (Phi) is 33.1.